The maximum absolute atomic E-state index is 9.38. The number of nitrogens with one attached hydrogen (secondary N) is 1. The summed E-state index contributed by atoms with van der Waals surface area (Å²) < 4.78 is 0. The third-order valence-corrected chi connectivity index (χ3v) is 5.23. The molecule has 4 N–H and O–H groups in total. The Morgan fingerprint density at radius 3 is 2.26 bits per heavy atom. The van der Waals surface area contributed by atoms with Crippen molar-refractivity contribution in [2.24, 2.45) is 0 Å². The van der Waals surface area contributed by atoms with E-state index < -0.39 is 0 Å². The van der Waals surface area contributed by atoms with Gasteiger partial charge in [0.2, 0.25) is 0 Å². The van der Waals surface area contributed by atoms with Gasteiger partial charge in [0.05, 0.1) is 0 Å². The minimum atomic E-state index is 0.200. The summed E-state index contributed by atoms with van der Waals surface area (Å²) in [5.74, 6) is 0. The zero-order valence-corrected chi connectivity index (χ0v) is 14.5. The van der Waals surface area contributed by atoms with E-state index in [-0.39, 0.29) is 10.8 Å². The quantitative estimate of drug-likeness (QED) is 0.582. The second-order valence-electron chi connectivity index (χ2n) is 7.87. The summed E-state index contributed by atoms with van der Waals surface area (Å²) >= 11 is 0. The Balaban J connectivity index is 2.00. The van der Waals surface area contributed by atoms with Crippen LogP contribution in [0.3, 0.4) is 0 Å². The highest BCUT2D eigenvalue weighted by Gasteiger charge is 2.36. The molecule has 0 amide bonds. The van der Waals surface area contributed by atoms with Crippen molar-refractivity contribution < 1.29 is 10.7 Å². The minimum absolute atomic E-state index is 0.200. The number of hydrogen-bond acceptors (Lipinski definition) is 2. The van der Waals surface area contributed by atoms with Crippen LogP contribution in [0.4, 0.5) is 17.1 Å². The molecule has 0 radical (unpaired) electrons. The number of rotatable bonds is 3. The molecular weight excluding hydrogens is 284 g/mol. The molecule has 0 saturated heterocycles. The third kappa shape index (κ3) is 2.99. The fourth-order valence-electron chi connectivity index (χ4n) is 3.55. The fourth-order valence-corrected chi connectivity index (χ4v) is 3.55. The predicted molar refractivity (Wildman–Crippen MR) is 94.8 cm³/mol. The number of benzene rings is 2. The molecule has 23 heavy (non-hydrogen) atoms. The fraction of sp³-hybridized carbons (Fsp3) is 0.400. The van der Waals surface area contributed by atoms with Crippen LogP contribution in [0.5, 0.6) is 0 Å². The summed E-state index contributed by atoms with van der Waals surface area (Å²) in [5, 5.41) is 12.8. The van der Waals surface area contributed by atoms with E-state index in [4.69, 9.17) is 0 Å². The Hall–Kier alpha value is -1.84. The van der Waals surface area contributed by atoms with Gasteiger partial charge in [-0.05, 0) is 53.0 Å². The molecule has 0 spiro atoms. The van der Waals surface area contributed by atoms with E-state index in [9.17, 15) is 5.21 Å². The SMILES string of the molecule is CC1(C)CCC(C)(C)c2cc(Nc3ccccc3[NH2+]O)ccc21. The summed E-state index contributed by atoms with van der Waals surface area (Å²) in [7, 11) is 0. The van der Waals surface area contributed by atoms with Crippen LogP contribution < -0.4 is 10.8 Å². The number of fused-ring (bicyclic) bond motifs is 1. The number of quaternary nitrogens is 1. The van der Waals surface area contributed by atoms with Crippen molar-refractivity contribution in [2.75, 3.05) is 5.32 Å². The van der Waals surface area contributed by atoms with Gasteiger partial charge in [0.25, 0.3) is 0 Å². The van der Waals surface area contributed by atoms with E-state index in [2.05, 4.69) is 51.2 Å². The van der Waals surface area contributed by atoms with Crippen molar-refractivity contribution >= 4 is 17.1 Å². The maximum atomic E-state index is 9.38. The van der Waals surface area contributed by atoms with E-state index in [0.717, 1.165) is 22.5 Å². The molecule has 3 heteroatoms. The molecule has 3 rings (SSSR count). The Labute approximate surface area is 138 Å². The van der Waals surface area contributed by atoms with Crippen LogP contribution in [0.15, 0.2) is 42.5 Å². The van der Waals surface area contributed by atoms with Crippen molar-refractivity contribution in [2.45, 2.75) is 51.4 Å². The molecule has 0 unspecified atom stereocenters. The van der Waals surface area contributed by atoms with Gasteiger partial charge in [-0.15, -0.1) is 0 Å². The number of nitrogens with two attached hydrogens (primary N) is 1. The van der Waals surface area contributed by atoms with Crippen LogP contribution >= 0.6 is 0 Å². The lowest BCUT2D eigenvalue weighted by Gasteiger charge is -2.42. The van der Waals surface area contributed by atoms with Crippen molar-refractivity contribution in [3.05, 3.63) is 53.6 Å². The van der Waals surface area contributed by atoms with Gasteiger partial charge >= 0.3 is 0 Å². The Bertz CT molecular complexity index is 719. The lowest BCUT2D eigenvalue weighted by atomic mass is 9.63. The maximum Gasteiger partial charge on any atom is 0.185 e. The first kappa shape index (κ1) is 16.0. The van der Waals surface area contributed by atoms with E-state index in [1.165, 1.54) is 24.0 Å². The summed E-state index contributed by atoms with van der Waals surface area (Å²) in [4.78, 5) is 0. The molecule has 2 aromatic carbocycles. The second kappa shape index (κ2) is 5.66. The highest BCUT2D eigenvalue weighted by atomic mass is 16.5. The van der Waals surface area contributed by atoms with Gasteiger partial charge in [-0.2, -0.15) is 5.48 Å². The highest BCUT2D eigenvalue weighted by molar-refractivity contribution is 5.70. The molecule has 122 valence electrons. The molecule has 0 saturated carbocycles. The smallest absolute Gasteiger partial charge is 0.185 e. The minimum Gasteiger partial charge on any atom is -0.351 e. The molecule has 0 aromatic heterocycles. The topological polar surface area (TPSA) is 48.9 Å². The van der Waals surface area contributed by atoms with Gasteiger partial charge in [0.1, 0.15) is 5.69 Å². The Morgan fingerprint density at radius 1 is 0.913 bits per heavy atom. The van der Waals surface area contributed by atoms with Gasteiger partial charge < -0.3 is 5.32 Å². The monoisotopic (exact) mass is 311 g/mol. The summed E-state index contributed by atoms with van der Waals surface area (Å²) in [6.07, 6.45) is 2.43. The average Bonchev–Trinajstić information content (AvgIpc) is 2.52. The first-order valence-corrected chi connectivity index (χ1v) is 8.32. The lowest BCUT2D eigenvalue weighted by molar-refractivity contribution is -0.825. The van der Waals surface area contributed by atoms with Crippen LogP contribution in [-0.2, 0) is 10.8 Å². The van der Waals surface area contributed by atoms with Crippen molar-refractivity contribution in [1.29, 1.82) is 0 Å². The molecule has 0 atom stereocenters. The molecule has 0 fully saturated rings. The average molecular weight is 311 g/mol. The van der Waals surface area contributed by atoms with E-state index in [0.29, 0.717) is 0 Å². The van der Waals surface area contributed by atoms with Crippen LogP contribution in [0.1, 0.15) is 51.7 Å². The Kier molecular flexibility index (Phi) is 3.95. The standard InChI is InChI=1S/C20H26N2O/c1-19(2)11-12-20(3,4)16-13-14(9-10-15(16)19)21-17-7-5-6-8-18(17)22-23/h5-10,13,21-23H,11-12H2,1-4H3/p+1. The number of hydrogen-bond donors (Lipinski definition) is 3. The van der Waals surface area contributed by atoms with Gasteiger partial charge in [-0.25, -0.2) is 5.21 Å². The van der Waals surface area contributed by atoms with Crippen LogP contribution in [0, 0.1) is 0 Å². The van der Waals surface area contributed by atoms with E-state index >= 15 is 0 Å². The largest absolute Gasteiger partial charge is 0.351 e. The van der Waals surface area contributed by atoms with Gasteiger partial charge in [-0.3, -0.25) is 0 Å². The molecule has 0 aliphatic heterocycles. The van der Waals surface area contributed by atoms with Crippen LogP contribution in [0.25, 0.3) is 0 Å². The second-order valence-corrected chi connectivity index (χ2v) is 7.87. The molecule has 0 heterocycles. The molecule has 2 aromatic rings. The molecule has 3 nitrogen and oxygen atoms in total. The zero-order chi connectivity index (χ0) is 16.7. The zero-order valence-electron chi connectivity index (χ0n) is 14.5. The predicted octanol–water partition coefficient (Wildman–Crippen LogP) is 4.36. The highest BCUT2D eigenvalue weighted by Crippen LogP contribution is 2.46. The first-order valence-electron chi connectivity index (χ1n) is 8.32. The molecule has 0 bridgehead atoms. The van der Waals surface area contributed by atoms with E-state index in [1.54, 1.807) is 0 Å². The number of anilines is 2. The molecule has 1 aliphatic carbocycles. The first-order chi connectivity index (χ1) is 10.8. The summed E-state index contributed by atoms with van der Waals surface area (Å²) in [5.41, 5.74) is 7.26. The van der Waals surface area contributed by atoms with Gasteiger partial charge in [0, 0.05) is 11.8 Å². The van der Waals surface area contributed by atoms with Crippen LogP contribution in [0.2, 0.25) is 0 Å². The number of para-hydroxylation sites is 2. The lowest BCUT2D eigenvalue weighted by Crippen LogP contribution is -2.73. The van der Waals surface area contributed by atoms with Crippen molar-refractivity contribution in [3.8, 4) is 0 Å². The molecule has 1 aliphatic rings. The van der Waals surface area contributed by atoms with Crippen molar-refractivity contribution in [3.63, 3.8) is 0 Å². The van der Waals surface area contributed by atoms with Crippen molar-refractivity contribution in [1.82, 2.24) is 0 Å². The Morgan fingerprint density at radius 2 is 1.57 bits per heavy atom. The third-order valence-electron chi connectivity index (χ3n) is 5.23. The van der Waals surface area contributed by atoms with Gasteiger partial charge in [-0.1, -0.05) is 45.9 Å². The normalized spacial score (nSPS) is 18.3. The van der Waals surface area contributed by atoms with E-state index in [1.807, 2.05) is 24.3 Å². The summed E-state index contributed by atoms with van der Waals surface area (Å²) in [6.45, 7) is 9.34. The van der Waals surface area contributed by atoms with Crippen LogP contribution in [-0.4, -0.2) is 5.21 Å². The summed E-state index contributed by atoms with van der Waals surface area (Å²) in [6, 6.07) is 14.5. The van der Waals surface area contributed by atoms with Gasteiger partial charge in [0.15, 0.2) is 5.69 Å². The molecular formula is C20H27N2O+.